The molecule has 0 aliphatic heterocycles. The standard InChI is InChI=1S/C20H21N3OS/c1-4-13-23-19(17-7-5-6-8-18(17)24-3)21-22-20(23)25-14-16-11-9-15(2)10-12-16/h4-12H,1,13-14H2,2-3H3. The predicted octanol–water partition coefficient (Wildman–Crippen LogP) is 4.74. The van der Waals surface area contributed by atoms with Crippen molar-refractivity contribution in [3.8, 4) is 17.1 Å². The molecule has 1 heterocycles. The lowest BCUT2D eigenvalue weighted by molar-refractivity contribution is 0.416. The molecule has 3 rings (SSSR count). The minimum Gasteiger partial charge on any atom is -0.496 e. The number of allylic oxidation sites excluding steroid dienone is 1. The van der Waals surface area contributed by atoms with Crippen LogP contribution >= 0.6 is 11.8 Å². The Morgan fingerprint density at radius 3 is 2.60 bits per heavy atom. The highest BCUT2D eigenvalue weighted by molar-refractivity contribution is 7.98. The van der Waals surface area contributed by atoms with Crippen LogP contribution in [0.1, 0.15) is 11.1 Å². The minimum atomic E-state index is 0.649. The van der Waals surface area contributed by atoms with Crippen molar-refractivity contribution >= 4 is 11.8 Å². The quantitative estimate of drug-likeness (QED) is 0.455. The normalized spacial score (nSPS) is 10.6. The van der Waals surface area contributed by atoms with Crippen LogP contribution in [0.3, 0.4) is 0 Å². The summed E-state index contributed by atoms with van der Waals surface area (Å²) in [5, 5.41) is 9.67. The molecule has 0 atom stereocenters. The predicted molar refractivity (Wildman–Crippen MR) is 103 cm³/mol. The first-order valence-electron chi connectivity index (χ1n) is 8.08. The summed E-state index contributed by atoms with van der Waals surface area (Å²) in [5.41, 5.74) is 3.46. The van der Waals surface area contributed by atoms with Gasteiger partial charge in [-0.3, -0.25) is 4.57 Å². The summed E-state index contributed by atoms with van der Waals surface area (Å²) in [4.78, 5) is 0. The van der Waals surface area contributed by atoms with Gasteiger partial charge in [-0.2, -0.15) is 0 Å². The highest BCUT2D eigenvalue weighted by atomic mass is 32.2. The molecule has 2 aromatic carbocycles. The maximum atomic E-state index is 5.47. The third-order valence-electron chi connectivity index (χ3n) is 3.86. The van der Waals surface area contributed by atoms with Gasteiger partial charge in [0.25, 0.3) is 0 Å². The first-order chi connectivity index (χ1) is 12.2. The van der Waals surface area contributed by atoms with E-state index in [1.807, 2.05) is 30.3 Å². The van der Waals surface area contributed by atoms with Gasteiger partial charge < -0.3 is 4.74 Å². The monoisotopic (exact) mass is 351 g/mol. The summed E-state index contributed by atoms with van der Waals surface area (Å²) in [6.07, 6.45) is 1.86. The topological polar surface area (TPSA) is 39.9 Å². The number of hydrogen-bond acceptors (Lipinski definition) is 4. The molecule has 0 radical (unpaired) electrons. The van der Waals surface area contributed by atoms with Crippen LogP contribution in [0.15, 0.2) is 66.3 Å². The zero-order chi connectivity index (χ0) is 17.6. The molecule has 0 saturated heterocycles. The number of aryl methyl sites for hydroxylation is 1. The van der Waals surface area contributed by atoms with Crippen molar-refractivity contribution in [3.05, 3.63) is 72.3 Å². The maximum Gasteiger partial charge on any atom is 0.192 e. The number of aromatic nitrogens is 3. The Balaban J connectivity index is 1.89. The van der Waals surface area contributed by atoms with Gasteiger partial charge in [-0.25, -0.2) is 0 Å². The molecule has 0 fully saturated rings. The van der Waals surface area contributed by atoms with Crippen molar-refractivity contribution in [2.24, 2.45) is 0 Å². The Bertz CT molecular complexity index is 856. The molecule has 0 aliphatic rings. The van der Waals surface area contributed by atoms with Crippen molar-refractivity contribution in [2.45, 2.75) is 24.4 Å². The average Bonchev–Trinajstić information content (AvgIpc) is 3.04. The van der Waals surface area contributed by atoms with Crippen molar-refractivity contribution < 1.29 is 4.74 Å². The SMILES string of the molecule is C=CCn1c(SCc2ccc(C)cc2)nnc1-c1ccccc1OC. The molecule has 5 heteroatoms. The largest absolute Gasteiger partial charge is 0.496 e. The van der Waals surface area contributed by atoms with E-state index in [0.29, 0.717) is 6.54 Å². The van der Waals surface area contributed by atoms with Crippen molar-refractivity contribution in [3.63, 3.8) is 0 Å². The molecule has 1 aromatic heterocycles. The summed E-state index contributed by atoms with van der Waals surface area (Å²) in [7, 11) is 1.67. The summed E-state index contributed by atoms with van der Waals surface area (Å²) >= 11 is 1.68. The second kappa shape index (κ2) is 8.03. The van der Waals surface area contributed by atoms with E-state index in [4.69, 9.17) is 4.74 Å². The molecule has 0 amide bonds. The molecule has 0 saturated carbocycles. The number of para-hydroxylation sites is 1. The fourth-order valence-corrected chi connectivity index (χ4v) is 3.45. The van der Waals surface area contributed by atoms with Crippen LogP contribution in [0, 0.1) is 6.92 Å². The van der Waals surface area contributed by atoms with Gasteiger partial charge in [-0.1, -0.05) is 59.8 Å². The number of benzene rings is 2. The van der Waals surface area contributed by atoms with Crippen LogP contribution in [-0.4, -0.2) is 21.9 Å². The van der Waals surface area contributed by atoms with Gasteiger partial charge in [0.15, 0.2) is 11.0 Å². The van der Waals surface area contributed by atoms with Gasteiger partial charge in [-0.05, 0) is 24.6 Å². The van der Waals surface area contributed by atoms with E-state index in [1.165, 1.54) is 11.1 Å². The van der Waals surface area contributed by atoms with Gasteiger partial charge in [0.05, 0.1) is 12.7 Å². The summed E-state index contributed by atoms with van der Waals surface area (Å²) in [6, 6.07) is 16.4. The number of methoxy groups -OCH3 is 1. The van der Waals surface area contributed by atoms with Gasteiger partial charge in [-0.15, -0.1) is 16.8 Å². The first-order valence-corrected chi connectivity index (χ1v) is 9.07. The molecular formula is C20H21N3OS. The summed E-state index contributed by atoms with van der Waals surface area (Å²) < 4.78 is 7.54. The zero-order valence-corrected chi connectivity index (χ0v) is 15.3. The van der Waals surface area contributed by atoms with E-state index >= 15 is 0 Å². The molecule has 0 unspecified atom stereocenters. The number of thioether (sulfide) groups is 1. The van der Waals surface area contributed by atoms with E-state index in [-0.39, 0.29) is 0 Å². The van der Waals surface area contributed by atoms with Crippen LogP contribution in [0.4, 0.5) is 0 Å². The summed E-state index contributed by atoms with van der Waals surface area (Å²) in [6.45, 7) is 6.61. The highest BCUT2D eigenvalue weighted by Gasteiger charge is 2.16. The first kappa shape index (κ1) is 17.3. The zero-order valence-electron chi connectivity index (χ0n) is 14.5. The third kappa shape index (κ3) is 3.94. The van der Waals surface area contributed by atoms with Gasteiger partial charge in [0, 0.05) is 12.3 Å². The molecule has 4 nitrogen and oxygen atoms in total. The van der Waals surface area contributed by atoms with E-state index in [2.05, 4.69) is 52.5 Å². The lowest BCUT2D eigenvalue weighted by Gasteiger charge is -2.10. The smallest absolute Gasteiger partial charge is 0.192 e. The number of rotatable bonds is 7. The molecule has 0 aliphatic carbocycles. The fourth-order valence-electron chi connectivity index (χ4n) is 2.55. The van der Waals surface area contributed by atoms with Crippen LogP contribution in [0.25, 0.3) is 11.4 Å². The molecule has 0 N–H and O–H groups in total. The molecular weight excluding hydrogens is 330 g/mol. The summed E-state index contributed by atoms with van der Waals surface area (Å²) in [5.74, 6) is 2.43. The van der Waals surface area contributed by atoms with Crippen LogP contribution in [0.2, 0.25) is 0 Å². The Kier molecular flexibility index (Phi) is 5.56. The lowest BCUT2D eigenvalue weighted by Crippen LogP contribution is -2.01. The van der Waals surface area contributed by atoms with E-state index < -0.39 is 0 Å². The fraction of sp³-hybridized carbons (Fsp3) is 0.200. The van der Waals surface area contributed by atoms with E-state index in [0.717, 1.165) is 28.0 Å². The number of ether oxygens (including phenoxy) is 1. The Morgan fingerprint density at radius 1 is 1.12 bits per heavy atom. The molecule has 128 valence electrons. The van der Waals surface area contributed by atoms with Crippen molar-refractivity contribution in [1.82, 2.24) is 14.8 Å². The molecule has 0 bridgehead atoms. The number of nitrogens with zero attached hydrogens (tertiary/aromatic N) is 3. The average molecular weight is 351 g/mol. The van der Waals surface area contributed by atoms with Gasteiger partial charge >= 0.3 is 0 Å². The molecule has 3 aromatic rings. The highest BCUT2D eigenvalue weighted by Crippen LogP contribution is 2.31. The van der Waals surface area contributed by atoms with E-state index in [9.17, 15) is 0 Å². The third-order valence-corrected chi connectivity index (χ3v) is 4.90. The van der Waals surface area contributed by atoms with E-state index in [1.54, 1.807) is 18.9 Å². The second-order valence-corrected chi connectivity index (χ2v) is 6.62. The lowest BCUT2D eigenvalue weighted by atomic mass is 10.2. The van der Waals surface area contributed by atoms with Crippen molar-refractivity contribution in [1.29, 1.82) is 0 Å². The molecule has 0 spiro atoms. The van der Waals surface area contributed by atoms with Crippen molar-refractivity contribution in [2.75, 3.05) is 7.11 Å². The molecule has 25 heavy (non-hydrogen) atoms. The van der Waals surface area contributed by atoms with Crippen LogP contribution in [0.5, 0.6) is 5.75 Å². The Morgan fingerprint density at radius 2 is 1.88 bits per heavy atom. The van der Waals surface area contributed by atoms with Gasteiger partial charge in [0.1, 0.15) is 5.75 Å². The Hall–Kier alpha value is -2.53. The Labute approximate surface area is 152 Å². The second-order valence-electron chi connectivity index (χ2n) is 5.68. The van der Waals surface area contributed by atoms with Gasteiger partial charge in [0.2, 0.25) is 0 Å². The maximum absolute atomic E-state index is 5.47. The van der Waals surface area contributed by atoms with Crippen LogP contribution in [-0.2, 0) is 12.3 Å². The number of hydrogen-bond donors (Lipinski definition) is 0. The van der Waals surface area contributed by atoms with Crippen LogP contribution < -0.4 is 4.74 Å². The minimum absolute atomic E-state index is 0.649.